The summed E-state index contributed by atoms with van der Waals surface area (Å²) in [7, 11) is 0. The minimum Gasteiger partial charge on any atom is -0.494 e. The smallest absolute Gasteiger partial charge is 0.254 e. The van der Waals surface area contributed by atoms with Gasteiger partial charge < -0.3 is 19.7 Å². The Morgan fingerprint density at radius 2 is 1.71 bits per heavy atom. The first-order valence-electron chi connectivity index (χ1n) is 13.0. The number of carbonyl (C=O) groups excluding carboxylic acids is 2. The highest BCUT2D eigenvalue weighted by molar-refractivity contribution is 6.04. The van der Waals surface area contributed by atoms with Crippen LogP contribution in [0.3, 0.4) is 0 Å². The Balaban J connectivity index is 1.54. The largest absolute Gasteiger partial charge is 0.494 e. The third-order valence-electron chi connectivity index (χ3n) is 7.13. The van der Waals surface area contributed by atoms with Crippen molar-refractivity contribution in [3.05, 3.63) is 95.3 Å². The van der Waals surface area contributed by atoms with Gasteiger partial charge in [0.25, 0.3) is 5.91 Å². The molecule has 3 aromatic carbocycles. The molecule has 7 nitrogen and oxygen atoms in total. The van der Waals surface area contributed by atoms with Crippen LogP contribution >= 0.6 is 0 Å². The lowest BCUT2D eigenvalue weighted by Crippen LogP contribution is -2.49. The molecule has 2 atom stereocenters. The third-order valence-corrected chi connectivity index (χ3v) is 7.13. The molecule has 0 saturated carbocycles. The zero-order chi connectivity index (χ0) is 26.5. The summed E-state index contributed by atoms with van der Waals surface area (Å²) in [4.78, 5) is 31.9. The highest BCUT2D eigenvalue weighted by Crippen LogP contribution is 2.43. The molecule has 0 aromatic heterocycles. The summed E-state index contributed by atoms with van der Waals surface area (Å²) in [5.74, 6) is -0.675. The van der Waals surface area contributed by atoms with Crippen molar-refractivity contribution in [3.63, 3.8) is 0 Å². The van der Waals surface area contributed by atoms with Crippen molar-refractivity contribution in [3.8, 4) is 5.75 Å². The number of morpholine rings is 1. The van der Waals surface area contributed by atoms with Crippen LogP contribution in [-0.2, 0) is 9.53 Å². The fourth-order valence-electron chi connectivity index (χ4n) is 5.25. The van der Waals surface area contributed by atoms with Gasteiger partial charge in [0.05, 0.1) is 31.8 Å². The zero-order valence-electron chi connectivity index (χ0n) is 21.4. The molecule has 0 aliphatic carbocycles. The van der Waals surface area contributed by atoms with Crippen LogP contribution in [0.4, 0.5) is 10.1 Å². The molecule has 2 aliphatic rings. The van der Waals surface area contributed by atoms with Crippen molar-refractivity contribution in [2.24, 2.45) is 0 Å². The van der Waals surface area contributed by atoms with E-state index in [0.29, 0.717) is 49.7 Å². The second-order valence-electron chi connectivity index (χ2n) is 9.46. The van der Waals surface area contributed by atoms with Gasteiger partial charge in [-0.3, -0.25) is 14.5 Å². The van der Waals surface area contributed by atoms with Crippen LogP contribution in [0.15, 0.2) is 72.8 Å². The number of hydrogen-bond donors (Lipinski definition) is 1. The fraction of sp³-hybridized carbons (Fsp3) is 0.333. The van der Waals surface area contributed by atoms with Crippen molar-refractivity contribution in [1.82, 2.24) is 9.80 Å². The molecule has 8 heteroatoms. The van der Waals surface area contributed by atoms with Gasteiger partial charge in [-0.05, 0) is 60.5 Å². The van der Waals surface area contributed by atoms with Crippen molar-refractivity contribution in [2.45, 2.75) is 18.9 Å². The normalized spacial score (nSPS) is 19.6. The fourth-order valence-corrected chi connectivity index (χ4v) is 5.25. The average Bonchev–Trinajstić information content (AvgIpc) is 2.95. The van der Waals surface area contributed by atoms with Crippen LogP contribution in [0, 0.1) is 5.82 Å². The van der Waals surface area contributed by atoms with Gasteiger partial charge in [-0.2, -0.15) is 0 Å². The molecule has 1 N–H and O–H groups in total. The number of anilines is 1. The molecule has 2 heterocycles. The highest BCUT2D eigenvalue weighted by Gasteiger charge is 2.44. The summed E-state index contributed by atoms with van der Waals surface area (Å²) in [5.41, 5.74) is 2.54. The molecule has 198 valence electrons. The molecule has 0 spiro atoms. The standard InChI is InChI=1S/C30H32FN3O4/c1-2-38-24-13-7-21(8-14-24)28-27(29(35)32-23-11-9-22(31)10-12-23)25-5-3-4-6-26(25)30(36)34(28)16-15-33-17-19-37-20-18-33/h3-14,27-28H,2,15-20H2,1H3,(H,32,35)/t27-,28-/m1/s1. The van der Waals surface area contributed by atoms with Crippen molar-refractivity contribution in [1.29, 1.82) is 0 Å². The Kier molecular flexibility index (Phi) is 8.00. The van der Waals surface area contributed by atoms with E-state index in [-0.39, 0.29) is 17.6 Å². The van der Waals surface area contributed by atoms with E-state index in [2.05, 4.69) is 10.2 Å². The number of fused-ring (bicyclic) bond motifs is 1. The number of ether oxygens (including phenoxy) is 2. The van der Waals surface area contributed by atoms with Gasteiger partial charge in [0, 0.05) is 37.4 Å². The number of carbonyl (C=O) groups is 2. The van der Waals surface area contributed by atoms with Crippen LogP contribution in [0.5, 0.6) is 5.75 Å². The lowest BCUT2D eigenvalue weighted by molar-refractivity contribution is -0.119. The summed E-state index contributed by atoms with van der Waals surface area (Å²) in [5, 5.41) is 2.96. The minimum absolute atomic E-state index is 0.0985. The molecule has 1 fully saturated rings. The van der Waals surface area contributed by atoms with Gasteiger partial charge in [0.2, 0.25) is 5.91 Å². The number of amides is 2. The first-order valence-corrected chi connectivity index (χ1v) is 13.0. The Morgan fingerprint density at radius 1 is 1.00 bits per heavy atom. The lowest BCUT2D eigenvalue weighted by Gasteiger charge is -2.42. The lowest BCUT2D eigenvalue weighted by atomic mass is 9.79. The van der Waals surface area contributed by atoms with Crippen LogP contribution < -0.4 is 10.1 Å². The number of rotatable bonds is 8. The molecule has 5 rings (SSSR count). The maximum absolute atomic E-state index is 13.9. The quantitative estimate of drug-likeness (QED) is 0.477. The monoisotopic (exact) mass is 517 g/mol. The van der Waals surface area contributed by atoms with Crippen LogP contribution in [0.25, 0.3) is 0 Å². The summed E-state index contributed by atoms with van der Waals surface area (Å²) in [6, 6.07) is 20.1. The number of halogens is 1. The van der Waals surface area contributed by atoms with Gasteiger partial charge in [0.1, 0.15) is 11.6 Å². The summed E-state index contributed by atoms with van der Waals surface area (Å²) in [6.45, 7) is 6.56. The first kappa shape index (κ1) is 25.9. The molecule has 0 radical (unpaired) electrons. The summed E-state index contributed by atoms with van der Waals surface area (Å²) >= 11 is 0. The topological polar surface area (TPSA) is 71.1 Å². The molecule has 2 amide bonds. The van der Waals surface area contributed by atoms with E-state index < -0.39 is 12.0 Å². The van der Waals surface area contributed by atoms with Crippen LogP contribution in [-0.4, -0.2) is 67.6 Å². The first-order chi connectivity index (χ1) is 18.5. The molecular weight excluding hydrogens is 485 g/mol. The van der Waals surface area contributed by atoms with Crippen molar-refractivity contribution >= 4 is 17.5 Å². The number of nitrogens with one attached hydrogen (secondary N) is 1. The molecular formula is C30H32FN3O4. The predicted octanol–water partition coefficient (Wildman–Crippen LogP) is 4.48. The summed E-state index contributed by atoms with van der Waals surface area (Å²) < 4.78 is 24.6. The Labute approximate surface area is 222 Å². The van der Waals surface area contributed by atoms with Crippen molar-refractivity contribution < 1.29 is 23.5 Å². The molecule has 2 aliphatic heterocycles. The average molecular weight is 518 g/mol. The van der Waals surface area contributed by atoms with E-state index in [1.54, 1.807) is 6.07 Å². The number of nitrogens with zero attached hydrogens (tertiary/aromatic N) is 2. The van der Waals surface area contributed by atoms with Gasteiger partial charge in [-0.25, -0.2) is 4.39 Å². The van der Waals surface area contributed by atoms with E-state index in [0.717, 1.165) is 24.4 Å². The van der Waals surface area contributed by atoms with Gasteiger partial charge >= 0.3 is 0 Å². The summed E-state index contributed by atoms with van der Waals surface area (Å²) in [6.07, 6.45) is 0. The Bertz CT molecular complexity index is 1260. The highest BCUT2D eigenvalue weighted by atomic mass is 19.1. The van der Waals surface area contributed by atoms with Crippen molar-refractivity contribution in [2.75, 3.05) is 51.3 Å². The number of hydrogen-bond acceptors (Lipinski definition) is 5. The Morgan fingerprint density at radius 3 is 2.42 bits per heavy atom. The van der Waals surface area contributed by atoms with Gasteiger partial charge in [-0.1, -0.05) is 30.3 Å². The van der Waals surface area contributed by atoms with Gasteiger partial charge in [0.15, 0.2) is 0 Å². The minimum atomic E-state index is -0.670. The van der Waals surface area contributed by atoms with Crippen LogP contribution in [0.1, 0.15) is 40.4 Å². The van der Waals surface area contributed by atoms with E-state index in [9.17, 15) is 14.0 Å². The molecule has 3 aromatic rings. The molecule has 0 bridgehead atoms. The maximum atomic E-state index is 13.9. The molecule has 0 unspecified atom stereocenters. The van der Waals surface area contributed by atoms with Crippen LogP contribution in [0.2, 0.25) is 0 Å². The second-order valence-corrected chi connectivity index (χ2v) is 9.46. The Hall–Kier alpha value is -3.75. The SMILES string of the molecule is CCOc1ccc([C@@H]2[C@H](C(=O)Nc3ccc(F)cc3)c3ccccc3C(=O)N2CCN2CCOCC2)cc1. The number of benzene rings is 3. The van der Waals surface area contributed by atoms with E-state index >= 15 is 0 Å². The third kappa shape index (κ3) is 5.56. The van der Waals surface area contributed by atoms with E-state index in [4.69, 9.17) is 9.47 Å². The maximum Gasteiger partial charge on any atom is 0.254 e. The van der Waals surface area contributed by atoms with E-state index in [1.807, 2.05) is 54.3 Å². The second kappa shape index (κ2) is 11.8. The van der Waals surface area contributed by atoms with Gasteiger partial charge in [-0.15, -0.1) is 0 Å². The predicted molar refractivity (Wildman–Crippen MR) is 143 cm³/mol. The molecule has 38 heavy (non-hydrogen) atoms. The van der Waals surface area contributed by atoms with E-state index in [1.165, 1.54) is 24.3 Å². The zero-order valence-corrected chi connectivity index (χ0v) is 21.4. The molecule has 1 saturated heterocycles.